The van der Waals surface area contributed by atoms with Crippen molar-refractivity contribution in [2.24, 2.45) is 5.73 Å². The highest BCUT2D eigenvalue weighted by atomic mass is 16.1. The Kier molecular flexibility index (Phi) is 6.87. The summed E-state index contributed by atoms with van der Waals surface area (Å²) in [7, 11) is 0. The molecule has 0 bridgehead atoms. The zero-order chi connectivity index (χ0) is 24.9. The Bertz CT molecular complexity index is 1400. The second-order valence-electron chi connectivity index (χ2n) is 9.02. The lowest BCUT2D eigenvalue weighted by atomic mass is 10.1. The molecule has 9 nitrogen and oxygen atoms in total. The Morgan fingerprint density at radius 3 is 2.64 bits per heavy atom. The fourth-order valence-corrected chi connectivity index (χ4v) is 4.63. The number of aromatic nitrogens is 4. The molecule has 1 fully saturated rings. The van der Waals surface area contributed by atoms with Crippen molar-refractivity contribution in [2.75, 3.05) is 37.6 Å². The maximum Gasteiger partial charge on any atom is 0.267 e. The van der Waals surface area contributed by atoms with Crippen molar-refractivity contribution in [3.05, 3.63) is 71.8 Å². The summed E-state index contributed by atoms with van der Waals surface area (Å²) in [6, 6.07) is 13.2. The van der Waals surface area contributed by atoms with Crippen LogP contribution in [0.1, 0.15) is 34.5 Å². The highest BCUT2D eigenvalue weighted by molar-refractivity contribution is 5.91. The fraction of sp³-hybridized carbons (Fsp3) is 0.296. The molecule has 4 aromatic rings. The SMILES string of the molecule is N#Cc1ccc2[nH]cc(CCCCN3CCN(c4ncc(-c5cccc(C(N)=O)n5)cn4)CC3)c2c1. The number of nitrogens with one attached hydrogen (secondary N) is 1. The number of H-pyrrole nitrogens is 1. The molecule has 182 valence electrons. The van der Waals surface area contributed by atoms with Crippen LogP contribution in [0.3, 0.4) is 0 Å². The molecule has 9 heteroatoms. The lowest BCUT2D eigenvalue weighted by molar-refractivity contribution is 0.0995. The maximum absolute atomic E-state index is 11.4. The summed E-state index contributed by atoms with van der Waals surface area (Å²) in [6.07, 6.45) is 8.80. The van der Waals surface area contributed by atoms with Gasteiger partial charge in [-0.2, -0.15) is 5.26 Å². The molecule has 0 unspecified atom stereocenters. The summed E-state index contributed by atoms with van der Waals surface area (Å²) < 4.78 is 0. The van der Waals surface area contributed by atoms with Gasteiger partial charge in [0, 0.05) is 61.2 Å². The molecule has 1 aromatic carbocycles. The van der Waals surface area contributed by atoms with Crippen LogP contribution < -0.4 is 10.6 Å². The molecule has 1 aliphatic heterocycles. The van der Waals surface area contributed by atoms with Gasteiger partial charge < -0.3 is 15.6 Å². The Balaban J connectivity index is 1.09. The number of pyridine rings is 1. The van der Waals surface area contributed by atoms with E-state index < -0.39 is 5.91 Å². The molecule has 0 spiro atoms. The Morgan fingerprint density at radius 1 is 1.08 bits per heavy atom. The first-order chi connectivity index (χ1) is 17.6. The summed E-state index contributed by atoms with van der Waals surface area (Å²) in [5.41, 5.74) is 10.0. The molecule has 36 heavy (non-hydrogen) atoms. The van der Waals surface area contributed by atoms with E-state index in [1.807, 2.05) is 24.3 Å². The van der Waals surface area contributed by atoms with Crippen LogP contribution in [-0.4, -0.2) is 63.5 Å². The minimum atomic E-state index is -0.556. The number of nitrogens with two attached hydrogens (primary N) is 1. The van der Waals surface area contributed by atoms with Gasteiger partial charge in [0.2, 0.25) is 5.95 Å². The molecule has 1 amide bonds. The number of benzene rings is 1. The summed E-state index contributed by atoms with van der Waals surface area (Å²) in [4.78, 5) is 32.7. The number of primary amides is 1. The Hall–Kier alpha value is -4.29. The molecular formula is C27H28N8O. The van der Waals surface area contributed by atoms with Crippen molar-refractivity contribution in [1.82, 2.24) is 24.8 Å². The number of rotatable bonds is 8. The summed E-state index contributed by atoms with van der Waals surface area (Å²) in [5.74, 6) is 0.153. The predicted molar refractivity (Wildman–Crippen MR) is 138 cm³/mol. The smallest absolute Gasteiger partial charge is 0.267 e. The van der Waals surface area contributed by atoms with Crippen molar-refractivity contribution in [2.45, 2.75) is 19.3 Å². The number of amides is 1. The van der Waals surface area contributed by atoms with Gasteiger partial charge in [0.1, 0.15) is 5.69 Å². The summed E-state index contributed by atoms with van der Waals surface area (Å²) in [5, 5.41) is 10.3. The number of nitriles is 1. The summed E-state index contributed by atoms with van der Waals surface area (Å²) >= 11 is 0. The first-order valence-corrected chi connectivity index (χ1v) is 12.2. The maximum atomic E-state index is 11.4. The van der Waals surface area contributed by atoms with E-state index in [9.17, 15) is 4.79 Å². The number of nitrogens with zero attached hydrogens (tertiary/aromatic N) is 6. The normalized spacial score (nSPS) is 14.1. The molecule has 1 aliphatic rings. The molecule has 3 N–H and O–H groups in total. The van der Waals surface area contributed by atoms with Gasteiger partial charge in [-0.15, -0.1) is 0 Å². The third-order valence-electron chi connectivity index (χ3n) is 6.66. The van der Waals surface area contributed by atoms with E-state index in [-0.39, 0.29) is 5.69 Å². The van der Waals surface area contributed by atoms with Gasteiger partial charge in [-0.05, 0) is 61.7 Å². The average molecular weight is 481 g/mol. The third-order valence-corrected chi connectivity index (χ3v) is 6.66. The van der Waals surface area contributed by atoms with Gasteiger partial charge in [0.25, 0.3) is 5.91 Å². The van der Waals surface area contributed by atoms with Crippen molar-refractivity contribution >= 4 is 22.8 Å². The van der Waals surface area contributed by atoms with E-state index in [1.54, 1.807) is 24.5 Å². The van der Waals surface area contributed by atoms with E-state index >= 15 is 0 Å². The monoisotopic (exact) mass is 480 g/mol. The van der Waals surface area contributed by atoms with Crippen molar-refractivity contribution in [3.8, 4) is 17.3 Å². The molecule has 0 saturated carbocycles. The summed E-state index contributed by atoms with van der Waals surface area (Å²) in [6.45, 7) is 4.79. The van der Waals surface area contributed by atoms with E-state index in [0.717, 1.165) is 68.5 Å². The van der Waals surface area contributed by atoms with Crippen molar-refractivity contribution in [3.63, 3.8) is 0 Å². The lowest BCUT2D eigenvalue weighted by Crippen LogP contribution is -2.47. The number of aromatic amines is 1. The second-order valence-corrected chi connectivity index (χ2v) is 9.02. The third kappa shape index (κ3) is 5.19. The van der Waals surface area contributed by atoms with Gasteiger partial charge in [0.05, 0.1) is 17.3 Å². The second kappa shape index (κ2) is 10.5. The van der Waals surface area contributed by atoms with E-state index in [2.05, 4.69) is 42.0 Å². The molecule has 1 saturated heterocycles. The topological polar surface area (TPSA) is 128 Å². The molecular weight excluding hydrogens is 452 g/mol. The zero-order valence-electron chi connectivity index (χ0n) is 20.0. The number of hydrogen-bond donors (Lipinski definition) is 2. The molecule has 5 rings (SSSR count). The van der Waals surface area contributed by atoms with Crippen LogP contribution in [0.2, 0.25) is 0 Å². The number of carbonyl (C=O) groups is 1. The highest BCUT2D eigenvalue weighted by Gasteiger charge is 2.19. The minimum Gasteiger partial charge on any atom is -0.364 e. The molecule has 0 aliphatic carbocycles. The molecule has 3 aromatic heterocycles. The first kappa shape index (κ1) is 23.5. The van der Waals surface area contributed by atoms with Crippen LogP contribution in [0.5, 0.6) is 0 Å². The van der Waals surface area contributed by atoms with Crippen LogP contribution in [0.15, 0.2) is 55.0 Å². The van der Waals surface area contributed by atoms with E-state index in [4.69, 9.17) is 11.0 Å². The standard InChI is InChI=1S/C27H28N8O/c28-15-19-7-8-24-22(14-19)20(16-30-24)4-1-2-9-34-10-12-35(13-11-34)27-31-17-21(18-32-27)23-5-3-6-25(33-23)26(29)36/h3,5-8,14,16-18,30H,1-2,4,9-13H2,(H2,29,36). The largest absolute Gasteiger partial charge is 0.364 e. The first-order valence-electron chi connectivity index (χ1n) is 12.2. The van der Waals surface area contributed by atoms with Crippen molar-refractivity contribution < 1.29 is 4.79 Å². The minimum absolute atomic E-state index is 0.224. The Labute approximate surface area is 209 Å². The van der Waals surface area contributed by atoms with Crippen LogP contribution >= 0.6 is 0 Å². The fourth-order valence-electron chi connectivity index (χ4n) is 4.63. The van der Waals surface area contributed by atoms with Gasteiger partial charge in [0.15, 0.2) is 0 Å². The van der Waals surface area contributed by atoms with Crippen LogP contribution in [0.25, 0.3) is 22.2 Å². The van der Waals surface area contributed by atoms with Crippen molar-refractivity contribution in [1.29, 1.82) is 5.26 Å². The van der Waals surface area contributed by atoms with Crippen LogP contribution in [-0.2, 0) is 6.42 Å². The zero-order valence-corrected chi connectivity index (χ0v) is 20.0. The number of piperazine rings is 1. The highest BCUT2D eigenvalue weighted by Crippen LogP contribution is 2.22. The number of anilines is 1. The quantitative estimate of drug-likeness (QED) is 0.371. The predicted octanol–water partition coefficient (Wildman–Crippen LogP) is 3.14. The van der Waals surface area contributed by atoms with Crippen LogP contribution in [0, 0.1) is 11.3 Å². The Morgan fingerprint density at radius 2 is 1.89 bits per heavy atom. The van der Waals surface area contributed by atoms with Gasteiger partial charge in [-0.25, -0.2) is 15.0 Å². The van der Waals surface area contributed by atoms with E-state index in [0.29, 0.717) is 17.2 Å². The number of unbranched alkanes of at least 4 members (excludes halogenated alkanes) is 1. The molecule has 4 heterocycles. The van der Waals surface area contributed by atoms with Gasteiger partial charge in [-0.3, -0.25) is 9.69 Å². The molecule has 0 radical (unpaired) electrons. The van der Waals surface area contributed by atoms with Gasteiger partial charge in [-0.1, -0.05) is 6.07 Å². The average Bonchev–Trinajstić information content (AvgIpc) is 3.33. The number of fused-ring (bicyclic) bond motifs is 1. The van der Waals surface area contributed by atoms with E-state index in [1.165, 1.54) is 5.56 Å². The number of aryl methyl sites for hydroxylation is 1. The molecule has 0 atom stereocenters. The number of carbonyl (C=O) groups excluding carboxylic acids is 1. The number of hydrogen-bond acceptors (Lipinski definition) is 7. The van der Waals surface area contributed by atoms with Gasteiger partial charge >= 0.3 is 0 Å². The lowest BCUT2D eigenvalue weighted by Gasteiger charge is -2.34. The van der Waals surface area contributed by atoms with Crippen LogP contribution in [0.4, 0.5) is 5.95 Å².